The van der Waals surface area contributed by atoms with E-state index < -0.39 is 14.4 Å². The lowest BCUT2D eigenvalue weighted by Crippen LogP contribution is -2.46. The quantitative estimate of drug-likeness (QED) is 0.125. The maximum Gasteiger partial charge on any atom is 0.333 e. The minimum absolute atomic E-state index is 0.0889. The summed E-state index contributed by atoms with van der Waals surface area (Å²) in [6.07, 6.45) is 17.6. The highest BCUT2D eigenvalue weighted by Gasteiger charge is 2.40. The van der Waals surface area contributed by atoms with Gasteiger partial charge in [-0.2, -0.15) is 0 Å². The Balaban J connectivity index is 4.07. The fourth-order valence-corrected chi connectivity index (χ4v) is 4.05. The standard InChI is InChI=1S/C23H46O3Si/c1-8-9-10-11-12-13-14-15-16-17-18-19-20-21(22(24)25-5)26-27(6,7)23(2,3)4/h17-18,21H,8-16,19-20H2,1-7H3/b18-17+/t21-/m1/s1. The summed E-state index contributed by atoms with van der Waals surface area (Å²) >= 11 is 0. The summed E-state index contributed by atoms with van der Waals surface area (Å²) in [7, 11) is -0.528. The van der Waals surface area contributed by atoms with E-state index in [-0.39, 0.29) is 11.0 Å². The summed E-state index contributed by atoms with van der Waals surface area (Å²) in [6.45, 7) is 13.2. The van der Waals surface area contributed by atoms with Crippen molar-refractivity contribution in [3.8, 4) is 0 Å². The first-order chi connectivity index (χ1) is 12.7. The normalized spacial score (nSPS) is 13.9. The van der Waals surface area contributed by atoms with Crippen LogP contribution >= 0.6 is 0 Å². The third-order valence-electron chi connectivity index (χ3n) is 5.69. The van der Waals surface area contributed by atoms with E-state index in [1.165, 1.54) is 58.5 Å². The SMILES string of the molecule is CCCCCCCCCC/C=C/CC[C@@H](O[Si](C)(C)C(C)(C)C)C(=O)OC. The van der Waals surface area contributed by atoms with E-state index in [2.05, 4.69) is 52.9 Å². The van der Waals surface area contributed by atoms with Gasteiger partial charge >= 0.3 is 5.97 Å². The summed E-state index contributed by atoms with van der Waals surface area (Å²) < 4.78 is 11.2. The molecule has 0 heterocycles. The lowest BCUT2D eigenvalue weighted by atomic mass is 10.1. The second-order valence-electron chi connectivity index (χ2n) is 9.20. The van der Waals surface area contributed by atoms with Crippen molar-refractivity contribution < 1.29 is 14.0 Å². The van der Waals surface area contributed by atoms with Crippen LogP contribution < -0.4 is 0 Å². The van der Waals surface area contributed by atoms with Gasteiger partial charge in [0.05, 0.1) is 7.11 Å². The predicted octanol–water partition coefficient (Wildman–Crippen LogP) is 7.42. The lowest BCUT2D eigenvalue weighted by molar-refractivity contribution is -0.149. The topological polar surface area (TPSA) is 35.5 Å². The molecule has 4 heteroatoms. The number of rotatable bonds is 15. The van der Waals surface area contributed by atoms with E-state index in [0.717, 1.165) is 12.8 Å². The Kier molecular flexibility index (Phi) is 14.1. The number of methoxy groups -OCH3 is 1. The molecule has 0 aromatic rings. The van der Waals surface area contributed by atoms with Crippen molar-refractivity contribution in [1.82, 2.24) is 0 Å². The van der Waals surface area contributed by atoms with Crippen LogP contribution in [0.3, 0.4) is 0 Å². The average molecular weight is 399 g/mol. The third kappa shape index (κ3) is 12.5. The van der Waals surface area contributed by atoms with Crippen LogP contribution in [0.5, 0.6) is 0 Å². The van der Waals surface area contributed by atoms with Crippen LogP contribution in [-0.4, -0.2) is 27.5 Å². The van der Waals surface area contributed by atoms with Gasteiger partial charge in [0.1, 0.15) is 6.10 Å². The monoisotopic (exact) mass is 398 g/mol. The Labute approximate surface area is 170 Å². The van der Waals surface area contributed by atoms with E-state index in [1.807, 2.05) is 0 Å². The molecule has 0 saturated heterocycles. The Hall–Kier alpha value is -0.613. The number of ether oxygens (including phenoxy) is 1. The molecule has 1 atom stereocenters. The molecule has 0 amide bonds. The molecule has 3 nitrogen and oxygen atoms in total. The van der Waals surface area contributed by atoms with Gasteiger partial charge in [-0.15, -0.1) is 0 Å². The fraction of sp³-hybridized carbons (Fsp3) is 0.870. The largest absolute Gasteiger partial charge is 0.467 e. The Bertz CT molecular complexity index is 410. The molecule has 0 rings (SSSR count). The zero-order valence-electron chi connectivity index (χ0n) is 19.2. The number of hydrogen-bond donors (Lipinski definition) is 0. The zero-order valence-corrected chi connectivity index (χ0v) is 20.2. The summed E-state index contributed by atoms with van der Waals surface area (Å²) in [5, 5.41) is 0.0889. The van der Waals surface area contributed by atoms with Crippen molar-refractivity contribution in [1.29, 1.82) is 0 Å². The average Bonchev–Trinajstić information content (AvgIpc) is 2.59. The van der Waals surface area contributed by atoms with Crippen LogP contribution in [0.25, 0.3) is 0 Å². The van der Waals surface area contributed by atoms with E-state index in [9.17, 15) is 4.79 Å². The number of carbonyl (C=O) groups is 1. The maximum absolute atomic E-state index is 12.1. The van der Waals surface area contributed by atoms with Crippen LogP contribution in [0, 0.1) is 0 Å². The van der Waals surface area contributed by atoms with Crippen LogP contribution in [0.4, 0.5) is 0 Å². The number of unbranched alkanes of at least 4 members (excludes halogenated alkanes) is 8. The smallest absolute Gasteiger partial charge is 0.333 e. The fourth-order valence-electron chi connectivity index (χ4n) is 2.77. The van der Waals surface area contributed by atoms with Gasteiger partial charge in [0.15, 0.2) is 8.32 Å². The van der Waals surface area contributed by atoms with Crippen molar-refractivity contribution in [2.24, 2.45) is 0 Å². The van der Waals surface area contributed by atoms with E-state index in [1.54, 1.807) is 0 Å². The summed E-state index contributed by atoms with van der Waals surface area (Å²) in [5.41, 5.74) is 0. The summed E-state index contributed by atoms with van der Waals surface area (Å²) in [6, 6.07) is 0. The van der Waals surface area contributed by atoms with Gasteiger partial charge in [0, 0.05) is 0 Å². The predicted molar refractivity (Wildman–Crippen MR) is 120 cm³/mol. The van der Waals surface area contributed by atoms with Gasteiger partial charge in [-0.05, 0) is 43.8 Å². The molecule has 0 bridgehead atoms. The highest BCUT2D eigenvalue weighted by atomic mass is 28.4. The molecule has 0 aromatic heterocycles. The van der Waals surface area contributed by atoms with Crippen molar-refractivity contribution in [3.05, 3.63) is 12.2 Å². The van der Waals surface area contributed by atoms with Crippen LogP contribution in [0.1, 0.15) is 98.3 Å². The molecule has 0 spiro atoms. The molecule has 160 valence electrons. The highest BCUT2D eigenvalue weighted by Crippen LogP contribution is 2.37. The molecular formula is C23H46O3Si. The Morgan fingerprint density at radius 2 is 1.44 bits per heavy atom. The van der Waals surface area contributed by atoms with Crippen molar-refractivity contribution in [3.63, 3.8) is 0 Å². The van der Waals surface area contributed by atoms with Crippen LogP contribution in [-0.2, 0) is 14.0 Å². The van der Waals surface area contributed by atoms with Gasteiger partial charge in [-0.3, -0.25) is 0 Å². The molecule has 0 fully saturated rings. The maximum atomic E-state index is 12.1. The van der Waals surface area contributed by atoms with Crippen LogP contribution in [0.15, 0.2) is 12.2 Å². The molecule has 0 unspecified atom stereocenters. The van der Waals surface area contributed by atoms with Gasteiger partial charge in [0.25, 0.3) is 0 Å². The van der Waals surface area contributed by atoms with Gasteiger partial charge in [-0.25, -0.2) is 4.79 Å². The van der Waals surface area contributed by atoms with Crippen LogP contribution in [0.2, 0.25) is 18.1 Å². The Morgan fingerprint density at radius 3 is 1.96 bits per heavy atom. The van der Waals surface area contributed by atoms with E-state index >= 15 is 0 Å². The van der Waals surface area contributed by atoms with Crippen molar-refractivity contribution in [2.45, 2.75) is 123 Å². The number of carbonyl (C=O) groups excluding carboxylic acids is 1. The molecule has 0 aliphatic rings. The number of hydrogen-bond acceptors (Lipinski definition) is 3. The van der Waals surface area contributed by atoms with E-state index in [4.69, 9.17) is 9.16 Å². The molecule has 0 saturated carbocycles. The number of allylic oxidation sites excluding steroid dienone is 2. The molecule has 0 aliphatic carbocycles. The minimum Gasteiger partial charge on any atom is -0.467 e. The Morgan fingerprint density at radius 1 is 0.926 bits per heavy atom. The first-order valence-electron chi connectivity index (χ1n) is 11.1. The van der Waals surface area contributed by atoms with Crippen molar-refractivity contribution in [2.75, 3.05) is 7.11 Å². The second kappa shape index (κ2) is 14.4. The first kappa shape index (κ1) is 26.4. The van der Waals surface area contributed by atoms with Gasteiger partial charge < -0.3 is 9.16 Å². The third-order valence-corrected chi connectivity index (χ3v) is 10.2. The summed E-state index contributed by atoms with van der Waals surface area (Å²) in [4.78, 5) is 12.1. The highest BCUT2D eigenvalue weighted by molar-refractivity contribution is 6.74. The minimum atomic E-state index is -1.97. The summed E-state index contributed by atoms with van der Waals surface area (Å²) in [5.74, 6) is -0.240. The molecule has 0 aromatic carbocycles. The molecule has 27 heavy (non-hydrogen) atoms. The van der Waals surface area contributed by atoms with E-state index in [0.29, 0.717) is 6.42 Å². The van der Waals surface area contributed by atoms with Crippen molar-refractivity contribution >= 4 is 14.3 Å². The lowest BCUT2D eigenvalue weighted by Gasteiger charge is -2.38. The molecular weight excluding hydrogens is 352 g/mol. The molecule has 0 radical (unpaired) electrons. The number of esters is 1. The van der Waals surface area contributed by atoms with Gasteiger partial charge in [-0.1, -0.05) is 84.8 Å². The zero-order chi connectivity index (χ0) is 20.8. The molecule has 0 aliphatic heterocycles. The second-order valence-corrected chi connectivity index (χ2v) is 14.0. The van der Waals surface area contributed by atoms with Gasteiger partial charge in [0.2, 0.25) is 0 Å². The molecule has 0 N–H and O–H groups in total. The first-order valence-corrected chi connectivity index (χ1v) is 14.0.